The van der Waals surface area contributed by atoms with Crippen molar-refractivity contribution in [3.05, 3.63) is 35.6 Å². The molecular formula is C14H21FN2. The van der Waals surface area contributed by atoms with Crippen LogP contribution in [-0.4, -0.2) is 23.5 Å². The van der Waals surface area contributed by atoms with E-state index in [4.69, 9.17) is 5.73 Å². The van der Waals surface area contributed by atoms with Gasteiger partial charge < -0.3 is 5.73 Å². The van der Waals surface area contributed by atoms with E-state index in [0.29, 0.717) is 12.6 Å². The Bertz CT molecular complexity index is 365. The molecule has 1 aromatic rings. The van der Waals surface area contributed by atoms with Gasteiger partial charge in [-0.3, -0.25) is 4.90 Å². The van der Waals surface area contributed by atoms with Crippen molar-refractivity contribution in [2.45, 2.75) is 44.8 Å². The predicted octanol–water partition coefficient (Wildman–Crippen LogP) is 2.53. The SMILES string of the molecule is CC(N)C1CCCCN1Cc1ccccc1F. The Morgan fingerprint density at radius 1 is 1.41 bits per heavy atom. The summed E-state index contributed by atoms with van der Waals surface area (Å²) in [7, 11) is 0. The van der Waals surface area contributed by atoms with Gasteiger partial charge in [0.15, 0.2) is 0 Å². The van der Waals surface area contributed by atoms with Gasteiger partial charge in [-0.25, -0.2) is 4.39 Å². The summed E-state index contributed by atoms with van der Waals surface area (Å²) in [6.45, 7) is 3.75. The minimum Gasteiger partial charge on any atom is -0.327 e. The molecule has 0 amide bonds. The van der Waals surface area contributed by atoms with Crippen molar-refractivity contribution in [2.75, 3.05) is 6.54 Å². The quantitative estimate of drug-likeness (QED) is 0.873. The van der Waals surface area contributed by atoms with Crippen molar-refractivity contribution >= 4 is 0 Å². The maximum atomic E-state index is 13.6. The van der Waals surface area contributed by atoms with E-state index in [1.165, 1.54) is 18.9 Å². The number of likely N-dealkylation sites (tertiary alicyclic amines) is 1. The lowest BCUT2D eigenvalue weighted by molar-refractivity contribution is 0.121. The van der Waals surface area contributed by atoms with Crippen LogP contribution in [0.15, 0.2) is 24.3 Å². The summed E-state index contributed by atoms with van der Waals surface area (Å²) in [6.07, 6.45) is 3.56. The van der Waals surface area contributed by atoms with Gasteiger partial charge in [0.1, 0.15) is 5.82 Å². The maximum Gasteiger partial charge on any atom is 0.127 e. The standard InChI is InChI=1S/C14H21FN2/c1-11(16)14-8-4-5-9-17(14)10-12-6-2-3-7-13(12)15/h2-3,6-7,11,14H,4-5,8-10,16H2,1H3. The fraction of sp³-hybridized carbons (Fsp3) is 0.571. The number of nitrogens with zero attached hydrogens (tertiary/aromatic N) is 1. The maximum absolute atomic E-state index is 13.6. The molecule has 1 aliphatic rings. The van der Waals surface area contributed by atoms with Crippen molar-refractivity contribution in [1.29, 1.82) is 0 Å². The van der Waals surface area contributed by atoms with Crippen LogP contribution in [0.4, 0.5) is 4.39 Å². The minimum atomic E-state index is -0.110. The number of hydrogen-bond acceptors (Lipinski definition) is 2. The Kier molecular flexibility index (Phi) is 4.13. The highest BCUT2D eigenvalue weighted by Crippen LogP contribution is 2.22. The first-order chi connectivity index (χ1) is 8.18. The van der Waals surface area contributed by atoms with Gasteiger partial charge in [0.25, 0.3) is 0 Å². The number of rotatable bonds is 3. The Balaban J connectivity index is 2.08. The van der Waals surface area contributed by atoms with Crippen LogP contribution in [0, 0.1) is 5.82 Å². The lowest BCUT2D eigenvalue weighted by Gasteiger charge is -2.38. The summed E-state index contributed by atoms with van der Waals surface area (Å²) in [5, 5.41) is 0. The third kappa shape index (κ3) is 3.05. The molecule has 1 saturated heterocycles. The second-order valence-corrected chi connectivity index (χ2v) is 4.98. The summed E-state index contributed by atoms with van der Waals surface area (Å²) in [5.41, 5.74) is 6.79. The second kappa shape index (κ2) is 5.61. The van der Waals surface area contributed by atoms with Crippen LogP contribution in [0.1, 0.15) is 31.7 Å². The van der Waals surface area contributed by atoms with Crippen LogP contribution in [-0.2, 0) is 6.54 Å². The van der Waals surface area contributed by atoms with Gasteiger partial charge in [0, 0.05) is 24.2 Å². The molecule has 0 saturated carbocycles. The van der Waals surface area contributed by atoms with E-state index in [0.717, 1.165) is 18.5 Å². The number of benzene rings is 1. The molecule has 0 aromatic heterocycles. The first-order valence-corrected chi connectivity index (χ1v) is 6.41. The predicted molar refractivity (Wildman–Crippen MR) is 68.1 cm³/mol. The molecule has 3 heteroatoms. The highest BCUT2D eigenvalue weighted by atomic mass is 19.1. The molecule has 2 nitrogen and oxygen atoms in total. The van der Waals surface area contributed by atoms with Gasteiger partial charge in [-0.1, -0.05) is 24.6 Å². The first kappa shape index (κ1) is 12.5. The van der Waals surface area contributed by atoms with Crippen molar-refractivity contribution in [3.8, 4) is 0 Å². The zero-order chi connectivity index (χ0) is 12.3. The summed E-state index contributed by atoms with van der Waals surface area (Å²) in [6, 6.07) is 7.56. The van der Waals surface area contributed by atoms with Crippen molar-refractivity contribution < 1.29 is 4.39 Å². The molecule has 1 aromatic carbocycles. The van der Waals surface area contributed by atoms with E-state index >= 15 is 0 Å². The fourth-order valence-electron chi connectivity index (χ4n) is 2.65. The number of nitrogens with two attached hydrogens (primary N) is 1. The lowest BCUT2D eigenvalue weighted by atomic mass is 9.96. The minimum absolute atomic E-state index is 0.110. The lowest BCUT2D eigenvalue weighted by Crippen LogP contribution is -2.48. The molecule has 17 heavy (non-hydrogen) atoms. The van der Waals surface area contributed by atoms with E-state index in [1.54, 1.807) is 6.07 Å². The summed E-state index contributed by atoms with van der Waals surface area (Å²) in [5.74, 6) is -0.110. The van der Waals surface area contributed by atoms with Crippen LogP contribution in [0.5, 0.6) is 0 Å². The molecular weight excluding hydrogens is 215 g/mol. The molecule has 0 bridgehead atoms. The smallest absolute Gasteiger partial charge is 0.127 e. The molecule has 2 N–H and O–H groups in total. The zero-order valence-electron chi connectivity index (χ0n) is 10.4. The second-order valence-electron chi connectivity index (χ2n) is 4.98. The van der Waals surface area contributed by atoms with Gasteiger partial charge >= 0.3 is 0 Å². The molecule has 0 aliphatic carbocycles. The normalized spacial score (nSPS) is 23.6. The van der Waals surface area contributed by atoms with E-state index in [2.05, 4.69) is 4.90 Å². The van der Waals surface area contributed by atoms with Crippen LogP contribution in [0.25, 0.3) is 0 Å². The molecule has 0 spiro atoms. The largest absolute Gasteiger partial charge is 0.327 e. The third-order valence-corrected chi connectivity index (χ3v) is 3.60. The molecule has 0 radical (unpaired) electrons. The van der Waals surface area contributed by atoms with Crippen molar-refractivity contribution in [2.24, 2.45) is 5.73 Å². The van der Waals surface area contributed by atoms with E-state index in [-0.39, 0.29) is 11.9 Å². The molecule has 2 atom stereocenters. The number of piperidine rings is 1. The van der Waals surface area contributed by atoms with E-state index in [9.17, 15) is 4.39 Å². The monoisotopic (exact) mass is 236 g/mol. The fourth-order valence-corrected chi connectivity index (χ4v) is 2.65. The molecule has 2 rings (SSSR count). The van der Waals surface area contributed by atoms with Crippen LogP contribution in [0.2, 0.25) is 0 Å². The van der Waals surface area contributed by atoms with Gasteiger partial charge in [-0.15, -0.1) is 0 Å². The Hall–Kier alpha value is -0.930. The molecule has 1 aliphatic heterocycles. The highest BCUT2D eigenvalue weighted by Gasteiger charge is 2.25. The Morgan fingerprint density at radius 2 is 2.18 bits per heavy atom. The molecule has 94 valence electrons. The Labute approximate surface area is 103 Å². The highest BCUT2D eigenvalue weighted by molar-refractivity contribution is 5.17. The first-order valence-electron chi connectivity index (χ1n) is 6.41. The summed E-state index contributed by atoms with van der Waals surface area (Å²) in [4.78, 5) is 2.33. The number of halogens is 1. The average molecular weight is 236 g/mol. The molecule has 2 unspecified atom stereocenters. The Morgan fingerprint density at radius 3 is 2.88 bits per heavy atom. The van der Waals surface area contributed by atoms with Crippen molar-refractivity contribution in [3.63, 3.8) is 0 Å². The molecule has 1 heterocycles. The van der Waals surface area contributed by atoms with Crippen LogP contribution in [0.3, 0.4) is 0 Å². The summed E-state index contributed by atoms with van der Waals surface area (Å²) < 4.78 is 13.6. The third-order valence-electron chi connectivity index (χ3n) is 3.60. The average Bonchev–Trinajstić information content (AvgIpc) is 2.32. The van der Waals surface area contributed by atoms with Crippen LogP contribution < -0.4 is 5.73 Å². The van der Waals surface area contributed by atoms with Gasteiger partial charge in [-0.2, -0.15) is 0 Å². The van der Waals surface area contributed by atoms with E-state index < -0.39 is 0 Å². The van der Waals surface area contributed by atoms with E-state index in [1.807, 2.05) is 19.1 Å². The van der Waals surface area contributed by atoms with Crippen LogP contribution >= 0.6 is 0 Å². The molecule has 1 fully saturated rings. The van der Waals surface area contributed by atoms with Gasteiger partial charge in [-0.05, 0) is 32.4 Å². The zero-order valence-corrected chi connectivity index (χ0v) is 10.4. The van der Waals surface area contributed by atoms with Gasteiger partial charge in [0.05, 0.1) is 0 Å². The topological polar surface area (TPSA) is 29.3 Å². The number of hydrogen-bond donors (Lipinski definition) is 1. The van der Waals surface area contributed by atoms with Gasteiger partial charge in [0.2, 0.25) is 0 Å². The van der Waals surface area contributed by atoms with Crippen molar-refractivity contribution in [1.82, 2.24) is 4.90 Å². The summed E-state index contributed by atoms with van der Waals surface area (Å²) >= 11 is 0.